The highest BCUT2D eigenvalue weighted by molar-refractivity contribution is 5.59. The summed E-state index contributed by atoms with van der Waals surface area (Å²) < 4.78 is 5.65. The molecule has 2 fully saturated rings. The van der Waals surface area contributed by atoms with Crippen LogP contribution in [0.5, 0.6) is 11.5 Å². The van der Waals surface area contributed by atoms with Crippen LogP contribution in [-0.4, -0.2) is 12.2 Å². The molecule has 2 nitrogen and oxygen atoms in total. The van der Waals surface area contributed by atoms with Crippen molar-refractivity contribution in [2.75, 3.05) is 7.11 Å². The second-order valence-corrected chi connectivity index (χ2v) is 10.2. The fourth-order valence-electron chi connectivity index (χ4n) is 7.68. The summed E-state index contributed by atoms with van der Waals surface area (Å²) in [5.41, 5.74) is 5.08. The van der Waals surface area contributed by atoms with Crippen molar-refractivity contribution in [1.82, 2.24) is 0 Å². The van der Waals surface area contributed by atoms with E-state index in [4.69, 9.17) is 4.74 Å². The van der Waals surface area contributed by atoms with Gasteiger partial charge in [-0.25, -0.2) is 0 Å². The van der Waals surface area contributed by atoms with E-state index in [1.807, 2.05) is 6.07 Å². The van der Waals surface area contributed by atoms with E-state index in [1.54, 1.807) is 7.11 Å². The third-order valence-electron chi connectivity index (χ3n) is 8.53. The van der Waals surface area contributed by atoms with Gasteiger partial charge in [0.1, 0.15) is 0 Å². The van der Waals surface area contributed by atoms with Crippen molar-refractivity contribution in [3.63, 3.8) is 0 Å². The topological polar surface area (TPSA) is 29.5 Å². The van der Waals surface area contributed by atoms with Crippen LogP contribution in [-0.2, 0) is 11.8 Å². The molecule has 0 amide bonds. The molecule has 1 N–H and O–H groups in total. The van der Waals surface area contributed by atoms with Crippen LogP contribution < -0.4 is 4.74 Å². The van der Waals surface area contributed by atoms with Gasteiger partial charge in [0, 0.05) is 5.56 Å². The number of methoxy groups -OCH3 is 1. The molecule has 2 heteroatoms. The number of rotatable bonds is 1. The molecule has 0 unspecified atom stereocenters. The van der Waals surface area contributed by atoms with Gasteiger partial charge in [-0.1, -0.05) is 34.1 Å². The van der Waals surface area contributed by atoms with Gasteiger partial charge < -0.3 is 9.84 Å². The standard InChI is InChI=1S/C23H34O2/c1-14-12-16(24)20(25-6)15-13-18-22(4)10-7-9-21(2,3)17(22)8-11-23(18,5)19(14)15/h12,17-18,24H,7-11,13H2,1-6H3/t17-,18+,22-,23+/m0/s1. The van der Waals surface area contributed by atoms with E-state index >= 15 is 0 Å². The highest BCUT2D eigenvalue weighted by Gasteiger charge is 2.61. The lowest BCUT2D eigenvalue weighted by molar-refractivity contribution is -0.0983. The minimum atomic E-state index is 0.221. The monoisotopic (exact) mass is 342 g/mol. The summed E-state index contributed by atoms with van der Waals surface area (Å²) >= 11 is 0. The summed E-state index contributed by atoms with van der Waals surface area (Å²) in [6, 6.07) is 1.92. The average Bonchev–Trinajstić information content (AvgIpc) is 2.81. The largest absolute Gasteiger partial charge is 0.504 e. The van der Waals surface area contributed by atoms with Crippen molar-refractivity contribution in [2.45, 2.75) is 78.6 Å². The predicted molar refractivity (Wildman–Crippen MR) is 102 cm³/mol. The maximum atomic E-state index is 10.4. The number of fused-ring (bicyclic) bond motifs is 5. The van der Waals surface area contributed by atoms with E-state index < -0.39 is 0 Å². The molecule has 2 saturated carbocycles. The van der Waals surface area contributed by atoms with Crippen LogP contribution >= 0.6 is 0 Å². The number of aryl methyl sites for hydroxylation is 1. The Kier molecular flexibility index (Phi) is 3.57. The fraction of sp³-hybridized carbons (Fsp3) is 0.739. The summed E-state index contributed by atoms with van der Waals surface area (Å²) in [6.45, 7) is 12.2. The van der Waals surface area contributed by atoms with Crippen LogP contribution in [0.25, 0.3) is 0 Å². The minimum absolute atomic E-state index is 0.221. The van der Waals surface area contributed by atoms with Crippen molar-refractivity contribution in [1.29, 1.82) is 0 Å². The maximum Gasteiger partial charge on any atom is 0.163 e. The summed E-state index contributed by atoms with van der Waals surface area (Å²) in [4.78, 5) is 0. The Bertz CT molecular complexity index is 719. The molecule has 0 saturated heterocycles. The molecular formula is C23H34O2. The number of benzene rings is 1. The Hall–Kier alpha value is -1.18. The summed E-state index contributed by atoms with van der Waals surface area (Å²) in [7, 11) is 1.70. The van der Waals surface area contributed by atoms with Gasteiger partial charge in [0.2, 0.25) is 0 Å². The molecule has 0 heterocycles. The van der Waals surface area contributed by atoms with Crippen LogP contribution in [0.1, 0.15) is 76.5 Å². The normalized spacial score (nSPS) is 38.6. The van der Waals surface area contributed by atoms with Gasteiger partial charge in [0.05, 0.1) is 7.11 Å². The Morgan fingerprint density at radius 3 is 2.48 bits per heavy atom. The second kappa shape index (κ2) is 5.18. The van der Waals surface area contributed by atoms with Crippen molar-refractivity contribution in [3.8, 4) is 11.5 Å². The van der Waals surface area contributed by atoms with E-state index in [0.717, 1.165) is 18.1 Å². The van der Waals surface area contributed by atoms with Gasteiger partial charge in [-0.3, -0.25) is 0 Å². The first-order valence-corrected chi connectivity index (χ1v) is 10.0. The Labute approximate surface area is 153 Å². The van der Waals surface area contributed by atoms with Crippen LogP contribution in [0.4, 0.5) is 0 Å². The lowest BCUT2D eigenvalue weighted by Crippen LogP contribution is -2.55. The van der Waals surface area contributed by atoms with E-state index in [9.17, 15) is 5.11 Å². The molecule has 3 aliphatic carbocycles. The van der Waals surface area contributed by atoms with Gasteiger partial charge in [-0.05, 0) is 84.3 Å². The van der Waals surface area contributed by atoms with E-state index in [1.165, 1.54) is 48.8 Å². The molecule has 3 aliphatic rings. The fourth-order valence-corrected chi connectivity index (χ4v) is 7.68. The number of phenols is 1. The second-order valence-electron chi connectivity index (χ2n) is 10.2. The smallest absolute Gasteiger partial charge is 0.163 e. The number of hydrogen-bond acceptors (Lipinski definition) is 2. The molecule has 25 heavy (non-hydrogen) atoms. The van der Waals surface area contributed by atoms with E-state index in [2.05, 4.69) is 34.6 Å². The average molecular weight is 343 g/mol. The van der Waals surface area contributed by atoms with Crippen molar-refractivity contribution in [2.24, 2.45) is 22.7 Å². The molecule has 0 aliphatic heterocycles. The molecule has 138 valence electrons. The number of ether oxygens (including phenoxy) is 1. The molecule has 4 atom stereocenters. The molecule has 1 aromatic carbocycles. The van der Waals surface area contributed by atoms with Crippen LogP contribution in [0.15, 0.2) is 6.07 Å². The lowest BCUT2D eigenvalue weighted by Gasteiger charge is -2.61. The molecule has 0 aromatic heterocycles. The zero-order valence-electron chi connectivity index (χ0n) is 16.8. The summed E-state index contributed by atoms with van der Waals surface area (Å²) in [6.07, 6.45) is 7.73. The van der Waals surface area contributed by atoms with E-state index in [0.29, 0.717) is 22.5 Å². The van der Waals surface area contributed by atoms with Gasteiger partial charge in [-0.2, -0.15) is 0 Å². The van der Waals surface area contributed by atoms with E-state index in [-0.39, 0.29) is 5.41 Å². The molecule has 0 spiro atoms. The Balaban J connectivity index is 1.88. The minimum Gasteiger partial charge on any atom is -0.504 e. The zero-order chi connectivity index (χ0) is 18.2. The predicted octanol–water partition coefficient (Wildman–Crippen LogP) is 5.77. The van der Waals surface area contributed by atoms with Crippen molar-refractivity contribution in [3.05, 3.63) is 22.8 Å². The van der Waals surface area contributed by atoms with Crippen LogP contribution in [0.3, 0.4) is 0 Å². The number of phenolic OH excluding ortho intramolecular Hbond substituents is 1. The quantitative estimate of drug-likeness (QED) is 0.702. The first kappa shape index (κ1) is 17.2. The molecule has 0 radical (unpaired) electrons. The highest BCUT2D eigenvalue weighted by Crippen LogP contribution is 2.68. The third-order valence-corrected chi connectivity index (χ3v) is 8.53. The Morgan fingerprint density at radius 1 is 1.08 bits per heavy atom. The maximum absolute atomic E-state index is 10.4. The highest BCUT2D eigenvalue weighted by atomic mass is 16.5. The first-order chi connectivity index (χ1) is 11.6. The van der Waals surface area contributed by atoms with Gasteiger partial charge in [0.15, 0.2) is 11.5 Å². The first-order valence-electron chi connectivity index (χ1n) is 10.0. The van der Waals surface area contributed by atoms with Crippen molar-refractivity contribution >= 4 is 0 Å². The molecule has 1 aromatic rings. The van der Waals surface area contributed by atoms with Crippen molar-refractivity contribution < 1.29 is 9.84 Å². The van der Waals surface area contributed by atoms with Gasteiger partial charge in [-0.15, -0.1) is 0 Å². The van der Waals surface area contributed by atoms with Crippen LogP contribution in [0, 0.1) is 29.6 Å². The number of aromatic hydroxyl groups is 1. The SMILES string of the molecule is COc1c(O)cc(C)c2c1C[C@@H]1[C@@]3(C)CCCC(C)(C)[C@@H]3CC[C@@]21C. The molecular weight excluding hydrogens is 308 g/mol. The van der Waals surface area contributed by atoms with Gasteiger partial charge >= 0.3 is 0 Å². The number of hydrogen-bond donors (Lipinski definition) is 1. The molecule has 0 bridgehead atoms. The summed E-state index contributed by atoms with van der Waals surface area (Å²) in [5.74, 6) is 2.50. The lowest BCUT2D eigenvalue weighted by atomic mass is 9.43. The zero-order valence-corrected chi connectivity index (χ0v) is 16.8. The third kappa shape index (κ3) is 2.09. The Morgan fingerprint density at radius 2 is 1.80 bits per heavy atom. The summed E-state index contributed by atoms with van der Waals surface area (Å²) in [5, 5.41) is 10.4. The van der Waals surface area contributed by atoms with Crippen LogP contribution in [0.2, 0.25) is 0 Å². The van der Waals surface area contributed by atoms with Gasteiger partial charge in [0.25, 0.3) is 0 Å². The molecule has 4 rings (SSSR count).